The number of amides is 1. The first-order chi connectivity index (χ1) is 9.70. The molecular weight excluding hydrogens is 298 g/mol. The Morgan fingerprint density at radius 1 is 1.35 bits per heavy atom. The average Bonchev–Trinajstić information content (AvgIpc) is 3.11. The first kappa shape index (κ1) is 12.8. The SMILES string of the molecule is COC(=O)Nn1c(-c2cccs2)nc2ccsc2c1=O. The Morgan fingerprint density at radius 3 is 2.90 bits per heavy atom. The summed E-state index contributed by atoms with van der Waals surface area (Å²) in [4.78, 5) is 29.1. The van der Waals surface area contributed by atoms with E-state index in [-0.39, 0.29) is 5.56 Å². The minimum atomic E-state index is -0.720. The summed E-state index contributed by atoms with van der Waals surface area (Å²) < 4.78 is 6.15. The van der Waals surface area contributed by atoms with Gasteiger partial charge in [-0.15, -0.1) is 22.7 Å². The zero-order valence-electron chi connectivity index (χ0n) is 10.3. The van der Waals surface area contributed by atoms with Crippen LogP contribution in [0.4, 0.5) is 4.79 Å². The first-order valence-corrected chi connectivity index (χ1v) is 7.35. The fraction of sp³-hybridized carbons (Fsp3) is 0.0833. The highest BCUT2D eigenvalue weighted by atomic mass is 32.1. The van der Waals surface area contributed by atoms with Crippen molar-refractivity contribution < 1.29 is 9.53 Å². The van der Waals surface area contributed by atoms with Crippen LogP contribution in [0.15, 0.2) is 33.8 Å². The van der Waals surface area contributed by atoms with E-state index in [4.69, 9.17) is 0 Å². The monoisotopic (exact) mass is 307 g/mol. The zero-order chi connectivity index (χ0) is 14.1. The maximum absolute atomic E-state index is 12.4. The summed E-state index contributed by atoms with van der Waals surface area (Å²) in [6, 6.07) is 5.47. The maximum Gasteiger partial charge on any atom is 0.426 e. The molecule has 0 aromatic carbocycles. The molecular formula is C12H9N3O3S2. The van der Waals surface area contributed by atoms with Crippen LogP contribution in [0.3, 0.4) is 0 Å². The van der Waals surface area contributed by atoms with E-state index in [1.165, 1.54) is 29.8 Å². The molecule has 102 valence electrons. The number of carbonyl (C=O) groups excluding carboxylic acids is 1. The summed E-state index contributed by atoms with van der Waals surface area (Å²) in [6.45, 7) is 0. The van der Waals surface area contributed by atoms with Crippen molar-refractivity contribution >= 4 is 39.0 Å². The summed E-state index contributed by atoms with van der Waals surface area (Å²) >= 11 is 2.72. The molecule has 6 nitrogen and oxygen atoms in total. The number of fused-ring (bicyclic) bond motifs is 1. The van der Waals surface area contributed by atoms with Crippen LogP contribution in [0.5, 0.6) is 0 Å². The molecule has 3 aromatic rings. The molecule has 0 unspecified atom stereocenters. The van der Waals surface area contributed by atoms with E-state index >= 15 is 0 Å². The number of hydrogen-bond donors (Lipinski definition) is 1. The molecule has 0 bridgehead atoms. The molecule has 8 heteroatoms. The van der Waals surface area contributed by atoms with Crippen molar-refractivity contribution in [2.45, 2.75) is 0 Å². The summed E-state index contributed by atoms with van der Waals surface area (Å²) in [5, 5.41) is 3.67. The highest BCUT2D eigenvalue weighted by molar-refractivity contribution is 7.17. The molecule has 1 N–H and O–H groups in total. The minimum Gasteiger partial charge on any atom is -0.452 e. The van der Waals surface area contributed by atoms with Crippen molar-refractivity contribution in [3.05, 3.63) is 39.3 Å². The van der Waals surface area contributed by atoms with Crippen molar-refractivity contribution in [3.63, 3.8) is 0 Å². The van der Waals surface area contributed by atoms with E-state index in [1.807, 2.05) is 17.5 Å². The lowest BCUT2D eigenvalue weighted by Crippen LogP contribution is -2.34. The molecule has 0 saturated carbocycles. The Bertz CT molecular complexity index is 820. The standard InChI is InChI=1S/C12H9N3O3S2/c1-18-12(17)14-15-10(8-3-2-5-19-8)13-7-4-6-20-9(7)11(15)16/h2-6H,1H3,(H,14,17). The summed E-state index contributed by atoms with van der Waals surface area (Å²) in [7, 11) is 1.24. The van der Waals surface area contributed by atoms with Crippen LogP contribution in [0.25, 0.3) is 20.9 Å². The number of thiophene rings is 2. The maximum atomic E-state index is 12.4. The van der Waals surface area contributed by atoms with Crippen LogP contribution in [-0.2, 0) is 4.74 Å². The largest absolute Gasteiger partial charge is 0.452 e. The molecule has 3 rings (SSSR count). The quantitative estimate of drug-likeness (QED) is 0.789. The van der Waals surface area contributed by atoms with Gasteiger partial charge in [0.25, 0.3) is 5.56 Å². The number of rotatable bonds is 2. The Labute approximate surface area is 121 Å². The smallest absolute Gasteiger partial charge is 0.426 e. The van der Waals surface area contributed by atoms with Crippen LogP contribution in [0.1, 0.15) is 0 Å². The molecule has 0 fully saturated rings. The van der Waals surface area contributed by atoms with Gasteiger partial charge in [-0.2, -0.15) is 4.68 Å². The number of aromatic nitrogens is 2. The van der Waals surface area contributed by atoms with Gasteiger partial charge in [-0.3, -0.25) is 4.79 Å². The molecule has 20 heavy (non-hydrogen) atoms. The topological polar surface area (TPSA) is 73.2 Å². The van der Waals surface area contributed by atoms with Crippen LogP contribution in [0.2, 0.25) is 0 Å². The highest BCUT2D eigenvalue weighted by Gasteiger charge is 2.16. The molecule has 0 atom stereocenters. The van der Waals surface area contributed by atoms with Crippen molar-refractivity contribution in [3.8, 4) is 10.7 Å². The third-order valence-electron chi connectivity index (χ3n) is 2.61. The second kappa shape index (κ2) is 5.06. The molecule has 1 amide bonds. The number of nitrogens with zero attached hydrogens (tertiary/aromatic N) is 2. The molecule has 0 aliphatic carbocycles. The van der Waals surface area contributed by atoms with Crippen LogP contribution >= 0.6 is 22.7 Å². The van der Waals surface area contributed by atoms with Gasteiger partial charge in [0.2, 0.25) is 0 Å². The summed E-state index contributed by atoms with van der Waals surface area (Å²) in [6.07, 6.45) is -0.720. The minimum absolute atomic E-state index is 0.321. The lowest BCUT2D eigenvalue weighted by molar-refractivity contribution is 0.183. The number of methoxy groups -OCH3 is 1. The second-order valence-corrected chi connectivity index (χ2v) is 5.66. The first-order valence-electron chi connectivity index (χ1n) is 5.60. The van der Waals surface area contributed by atoms with Crippen molar-refractivity contribution in [2.24, 2.45) is 0 Å². The van der Waals surface area contributed by atoms with E-state index in [2.05, 4.69) is 15.1 Å². The van der Waals surface area contributed by atoms with E-state index in [9.17, 15) is 9.59 Å². The van der Waals surface area contributed by atoms with Gasteiger partial charge in [-0.05, 0) is 22.9 Å². The van der Waals surface area contributed by atoms with E-state index < -0.39 is 6.09 Å². The number of hydrogen-bond acceptors (Lipinski definition) is 6. The lowest BCUT2D eigenvalue weighted by atomic mass is 10.4. The van der Waals surface area contributed by atoms with E-state index in [0.717, 1.165) is 9.55 Å². The molecule has 3 heterocycles. The van der Waals surface area contributed by atoms with Gasteiger partial charge in [0.05, 0.1) is 17.5 Å². The van der Waals surface area contributed by atoms with Crippen molar-refractivity contribution in [1.82, 2.24) is 9.66 Å². The van der Waals surface area contributed by atoms with Gasteiger partial charge >= 0.3 is 6.09 Å². The third kappa shape index (κ3) is 2.08. The fourth-order valence-electron chi connectivity index (χ4n) is 1.72. The molecule has 0 spiro atoms. The second-order valence-electron chi connectivity index (χ2n) is 3.79. The highest BCUT2D eigenvalue weighted by Crippen LogP contribution is 2.24. The number of ether oxygens (including phenoxy) is 1. The third-order valence-corrected chi connectivity index (χ3v) is 4.37. The van der Waals surface area contributed by atoms with E-state index in [0.29, 0.717) is 16.0 Å². The normalized spacial score (nSPS) is 10.7. The Hall–Kier alpha value is -2.19. The zero-order valence-corrected chi connectivity index (χ0v) is 12.0. The molecule has 0 radical (unpaired) electrons. The summed E-state index contributed by atoms with van der Waals surface area (Å²) in [5.41, 5.74) is 2.69. The Morgan fingerprint density at radius 2 is 2.20 bits per heavy atom. The Balaban J connectivity index is 2.27. The van der Waals surface area contributed by atoms with Gasteiger partial charge in [0, 0.05) is 0 Å². The van der Waals surface area contributed by atoms with Gasteiger partial charge in [-0.25, -0.2) is 15.2 Å². The Kier molecular flexibility index (Phi) is 3.25. The van der Waals surface area contributed by atoms with Gasteiger partial charge < -0.3 is 4.74 Å². The van der Waals surface area contributed by atoms with Crippen LogP contribution in [-0.4, -0.2) is 22.9 Å². The van der Waals surface area contributed by atoms with Gasteiger partial charge in [-0.1, -0.05) is 6.07 Å². The van der Waals surface area contributed by atoms with Crippen molar-refractivity contribution in [1.29, 1.82) is 0 Å². The lowest BCUT2D eigenvalue weighted by Gasteiger charge is -2.11. The van der Waals surface area contributed by atoms with Crippen molar-refractivity contribution in [2.75, 3.05) is 12.5 Å². The average molecular weight is 307 g/mol. The predicted molar refractivity (Wildman–Crippen MR) is 79.0 cm³/mol. The number of carbonyl (C=O) groups is 1. The molecule has 0 saturated heterocycles. The molecule has 0 aliphatic rings. The molecule has 3 aromatic heterocycles. The number of nitrogens with one attached hydrogen (secondary N) is 1. The van der Waals surface area contributed by atoms with Crippen LogP contribution < -0.4 is 11.0 Å². The van der Waals surface area contributed by atoms with Gasteiger partial charge in [0.1, 0.15) is 4.70 Å². The predicted octanol–water partition coefficient (Wildman–Crippen LogP) is 2.50. The van der Waals surface area contributed by atoms with Crippen LogP contribution in [0, 0.1) is 0 Å². The summed E-state index contributed by atoms with van der Waals surface area (Å²) in [5.74, 6) is 0.390. The van der Waals surface area contributed by atoms with Gasteiger partial charge in [0.15, 0.2) is 5.82 Å². The van der Waals surface area contributed by atoms with E-state index in [1.54, 1.807) is 11.4 Å². The molecule has 0 aliphatic heterocycles. The fourth-order valence-corrected chi connectivity index (χ4v) is 3.19.